The molecule has 47 heavy (non-hydrogen) atoms. The van der Waals surface area contributed by atoms with E-state index in [1.54, 1.807) is 24.4 Å². The topological polar surface area (TPSA) is 147 Å². The summed E-state index contributed by atoms with van der Waals surface area (Å²) in [4.78, 5) is 53.2. The van der Waals surface area contributed by atoms with Crippen LogP contribution >= 0.6 is 11.6 Å². The number of fused-ring (bicyclic) bond motifs is 3. The van der Waals surface area contributed by atoms with Crippen molar-refractivity contribution in [2.24, 2.45) is 5.92 Å². The summed E-state index contributed by atoms with van der Waals surface area (Å²) in [7, 11) is 0. The molecule has 1 aliphatic carbocycles. The van der Waals surface area contributed by atoms with E-state index in [0.717, 1.165) is 30.9 Å². The third kappa shape index (κ3) is 7.65. The first-order valence-corrected chi connectivity index (χ1v) is 15.8. The van der Waals surface area contributed by atoms with Crippen molar-refractivity contribution in [2.45, 2.75) is 77.9 Å². The molecule has 1 aliphatic heterocycles. The monoisotopic (exact) mass is 663 g/mol. The molecule has 1 saturated carbocycles. The minimum absolute atomic E-state index is 0.0461. The van der Waals surface area contributed by atoms with Gasteiger partial charge in [0.25, 0.3) is 0 Å². The Labute approximate surface area is 277 Å². The molecule has 4 aromatic rings. The van der Waals surface area contributed by atoms with Gasteiger partial charge in [-0.3, -0.25) is 14.4 Å². The van der Waals surface area contributed by atoms with Crippen LogP contribution in [0, 0.1) is 11.7 Å². The highest BCUT2D eigenvalue weighted by Gasteiger charge is 2.49. The van der Waals surface area contributed by atoms with Gasteiger partial charge in [0.2, 0.25) is 11.1 Å². The van der Waals surface area contributed by atoms with E-state index in [1.165, 1.54) is 12.1 Å². The average molecular weight is 664 g/mol. The Balaban J connectivity index is 0.000000655. The molecule has 2 N–H and O–H groups in total. The number of imidazole rings is 1. The van der Waals surface area contributed by atoms with Crippen molar-refractivity contribution >= 4 is 39.8 Å². The van der Waals surface area contributed by atoms with Crippen LogP contribution < -0.4 is 5.32 Å². The van der Waals surface area contributed by atoms with Gasteiger partial charge in [-0.2, -0.15) is 4.98 Å². The largest absolute Gasteiger partial charge is 0.344 e. The minimum Gasteiger partial charge on any atom is -0.344 e. The van der Waals surface area contributed by atoms with E-state index >= 15 is 4.39 Å². The molecular weight excluding hydrogens is 625 g/mol. The zero-order chi connectivity index (χ0) is 34.5. The highest BCUT2D eigenvalue weighted by Crippen LogP contribution is 2.50. The quantitative estimate of drug-likeness (QED) is 0.167. The van der Waals surface area contributed by atoms with E-state index in [2.05, 4.69) is 38.6 Å². The molecule has 0 spiro atoms. The summed E-state index contributed by atoms with van der Waals surface area (Å²) >= 11 is 4.71. The van der Waals surface area contributed by atoms with E-state index in [1.807, 2.05) is 39.5 Å². The Kier molecular flexibility index (Phi) is 11.1. The molecular formula is C34H39ClFN7O4. The fraction of sp³-hybridized carbons (Fsp3) is 0.382. The van der Waals surface area contributed by atoms with Gasteiger partial charge in [-0.25, -0.2) is 14.4 Å². The van der Waals surface area contributed by atoms with Crippen LogP contribution in [-0.2, 0) is 21.5 Å². The minimum atomic E-state index is -0.572. The van der Waals surface area contributed by atoms with E-state index in [0.29, 0.717) is 39.9 Å². The third-order valence-electron chi connectivity index (χ3n) is 7.96. The van der Waals surface area contributed by atoms with Crippen LogP contribution in [0.1, 0.15) is 87.8 Å². The summed E-state index contributed by atoms with van der Waals surface area (Å²) in [6.07, 6.45) is 7.02. The van der Waals surface area contributed by atoms with Crippen LogP contribution in [0.3, 0.4) is 0 Å². The second-order valence-electron chi connectivity index (χ2n) is 12.0. The van der Waals surface area contributed by atoms with Crippen LogP contribution in [0.25, 0.3) is 22.3 Å². The molecule has 2 bridgehead atoms. The number of hydrogen-bond donors (Lipinski definition) is 2. The number of likely N-dealkylation sites (tertiary alicyclic amines) is 1. The molecule has 2 amide bonds. The lowest BCUT2D eigenvalue weighted by molar-refractivity contribution is -0.130. The SMILES string of the molecule is C=CC(=O)Cl.C=CC(=O)N1C2CCC(C2)C1c1nc2nccc(-c3ccc(CNC(=O)c4nc(C(C)(C)C)no4)c(F)c3)c2[nH]1.CC. The number of pyridine rings is 1. The Hall–Kier alpha value is -4.71. The van der Waals surface area contributed by atoms with Gasteiger partial charge in [-0.1, -0.05) is 65.1 Å². The summed E-state index contributed by atoms with van der Waals surface area (Å²) in [6.45, 7) is 16.4. The van der Waals surface area contributed by atoms with Crippen LogP contribution in [0.5, 0.6) is 0 Å². The average Bonchev–Trinajstić information content (AvgIpc) is 3.87. The number of hydrogen-bond acceptors (Lipinski definition) is 8. The number of benzene rings is 1. The van der Waals surface area contributed by atoms with Crippen molar-refractivity contribution in [3.05, 3.63) is 84.7 Å². The fourth-order valence-electron chi connectivity index (χ4n) is 5.80. The van der Waals surface area contributed by atoms with Crippen molar-refractivity contribution < 1.29 is 23.3 Å². The number of nitrogens with one attached hydrogen (secondary N) is 2. The van der Waals surface area contributed by atoms with E-state index in [9.17, 15) is 14.4 Å². The lowest BCUT2D eigenvalue weighted by Crippen LogP contribution is -2.39. The third-order valence-corrected chi connectivity index (χ3v) is 8.11. The van der Waals surface area contributed by atoms with Crippen molar-refractivity contribution in [1.29, 1.82) is 0 Å². The highest BCUT2D eigenvalue weighted by atomic mass is 35.5. The number of amides is 2. The smallest absolute Gasteiger partial charge is 0.315 e. The summed E-state index contributed by atoms with van der Waals surface area (Å²) in [5, 5.41) is 5.97. The van der Waals surface area contributed by atoms with Crippen LogP contribution in [0.4, 0.5) is 4.39 Å². The first kappa shape index (κ1) is 35.1. The Morgan fingerprint density at radius 3 is 2.49 bits per heavy atom. The second kappa shape index (κ2) is 14.8. The van der Waals surface area contributed by atoms with Gasteiger partial charge < -0.3 is 19.7 Å². The molecule has 11 nitrogen and oxygen atoms in total. The maximum absolute atomic E-state index is 15.2. The zero-order valence-corrected chi connectivity index (χ0v) is 27.9. The normalized spacial score (nSPS) is 18.1. The lowest BCUT2D eigenvalue weighted by atomic mass is 9.96. The van der Waals surface area contributed by atoms with Crippen molar-refractivity contribution in [1.82, 2.24) is 35.3 Å². The van der Waals surface area contributed by atoms with Crippen LogP contribution in [0.15, 0.2) is 60.3 Å². The van der Waals surface area contributed by atoms with Crippen molar-refractivity contribution in [2.75, 3.05) is 0 Å². The summed E-state index contributed by atoms with van der Waals surface area (Å²) in [5.41, 5.74) is 2.50. The van der Waals surface area contributed by atoms with Gasteiger partial charge in [-0.15, -0.1) is 0 Å². The number of aromatic amines is 1. The van der Waals surface area contributed by atoms with Gasteiger partial charge in [0.05, 0.1) is 11.6 Å². The van der Waals surface area contributed by atoms with E-state index in [4.69, 9.17) is 21.1 Å². The van der Waals surface area contributed by atoms with Gasteiger partial charge in [0, 0.05) is 35.3 Å². The van der Waals surface area contributed by atoms with Crippen molar-refractivity contribution in [3.8, 4) is 11.1 Å². The van der Waals surface area contributed by atoms with Crippen molar-refractivity contribution in [3.63, 3.8) is 0 Å². The number of carbonyl (C=O) groups is 3. The van der Waals surface area contributed by atoms with Gasteiger partial charge in [0.1, 0.15) is 11.6 Å². The molecule has 13 heteroatoms. The standard InChI is InChI=1S/C29H30FN7O3.C3H3ClO.C2H6/c1-5-21(38)37-18-9-8-16(12-18)23(37)25-33-22-19(10-11-31-24(22)34-25)15-6-7-17(20(30)13-15)14-32-26(39)27-35-28(36-40-27)29(2,3)4;1-2-3(4)5;1-2/h5-7,10-11,13,16,18,23H,1,8-9,12,14H2,2-4H3,(H,32,39)(H,31,33,34);2H,1H2;1-2H3. The molecule has 3 atom stereocenters. The summed E-state index contributed by atoms with van der Waals surface area (Å²) < 4.78 is 20.2. The summed E-state index contributed by atoms with van der Waals surface area (Å²) in [5.74, 6) is 0.129. The molecule has 2 aliphatic rings. The number of piperidine rings is 1. The Morgan fingerprint density at radius 1 is 1.15 bits per heavy atom. The van der Waals surface area contributed by atoms with Crippen LogP contribution in [0.2, 0.25) is 0 Å². The lowest BCUT2D eigenvalue weighted by Gasteiger charge is -2.33. The molecule has 1 aromatic carbocycles. The number of allylic oxidation sites excluding steroid dienone is 1. The van der Waals surface area contributed by atoms with Crippen LogP contribution in [-0.4, -0.2) is 53.1 Å². The van der Waals surface area contributed by atoms with Gasteiger partial charge in [0.15, 0.2) is 11.5 Å². The summed E-state index contributed by atoms with van der Waals surface area (Å²) in [6, 6.07) is 6.68. The maximum Gasteiger partial charge on any atom is 0.315 e. The highest BCUT2D eigenvalue weighted by molar-refractivity contribution is 6.66. The predicted molar refractivity (Wildman–Crippen MR) is 177 cm³/mol. The molecule has 248 valence electrons. The molecule has 3 unspecified atom stereocenters. The maximum atomic E-state index is 15.2. The van der Waals surface area contributed by atoms with E-state index in [-0.39, 0.29) is 35.8 Å². The Bertz CT molecular complexity index is 1790. The number of rotatable bonds is 7. The van der Waals surface area contributed by atoms with E-state index < -0.39 is 17.0 Å². The number of carbonyl (C=O) groups excluding carboxylic acids is 3. The molecule has 2 fully saturated rings. The molecule has 4 heterocycles. The molecule has 6 rings (SSSR count). The number of nitrogens with zero attached hydrogens (tertiary/aromatic N) is 5. The second-order valence-corrected chi connectivity index (χ2v) is 12.3. The number of halogens is 2. The number of H-pyrrole nitrogens is 1. The molecule has 0 radical (unpaired) electrons. The first-order valence-electron chi connectivity index (χ1n) is 15.4. The van der Waals surface area contributed by atoms with Gasteiger partial charge >= 0.3 is 11.8 Å². The zero-order valence-electron chi connectivity index (χ0n) is 27.1. The Morgan fingerprint density at radius 2 is 1.87 bits per heavy atom. The first-order chi connectivity index (χ1) is 22.4. The molecule has 3 aromatic heterocycles. The molecule has 1 saturated heterocycles. The number of aromatic nitrogens is 5. The predicted octanol–water partition coefficient (Wildman–Crippen LogP) is 6.58. The fourth-order valence-corrected chi connectivity index (χ4v) is 5.80. The van der Waals surface area contributed by atoms with Gasteiger partial charge in [-0.05, 0) is 66.6 Å².